The van der Waals surface area contributed by atoms with Crippen LogP contribution in [0.3, 0.4) is 0 Å². The number of hydrogen-bond acceptors (Lipinski definition) is 7. The molecule has 1 aromatic heterocycles. The highest BCUT2D eigenvalue weighted by molar-refractivity contribution is 7.99. The zero-order valence-electron chi connectivity index (χ0n) is 8.52. The average molecular weight is 245 g/mol. The minimum atomic E-state index is -0.557. The number of carbonyl (C=O) groups is 2. The van der Waals surface area contributed by atoms with Gasteiger partial charge in [0, 0.05) is 7.05 Å². The molecule has 0 aliphatic heterocycles. The highest BCUT2D eigenvalue weighted by Crippen LogP contribution is 2.14. The van der Waals surface area contributed by atoms with E-state index in [2.05, 4.69) is 20.8 Å². The van der Waals surface area contributed by atoms with Crippen LogP contribution in [-0.2, 0) is 11.3 Å². The molecule has 0 bridgehead atoms. The molecule has 0 saturated carbocycles. The molecule has 9 heteroatoms. The second kappa shape index (κ2) is 6.08. The van der Waals surface area contributed by atoms with E-state index >= 15 is 0 Å². The first-order chi connectivity index (χ1) is 7.65. The van der Waals surface area contributed by atoms with E-state index in [1.165, 1.54) is 7.05 Å². The second-order valence-electron chi connectivity index (χ2n) is 2.58. The molecule has 1 heterocycles. The van der Waals surface area contributed by atoms with Crippen molar-refractivity contribution in [1.82, 2.24) is 20.8 Å². The number of carbonyl (C=O) groups excluding carboxylic acids is 2. The number of nitrogens with one attached hydrogen (secondary N) is 2. The summed E-state index contributed by atoms with van der Waals surface area (Å²) in [5, 5.41) is 11.9. The standard InChI is InChI=1S/C7H11N5O3S/c1-9-6(14)10-4(13)3-16-7-12-11-5(2-8)15-7/h2-3,8H2,1H3,(H2,9,10,13,14). The minimum Gasteiger partial charge on any atom is -0.415 e. The van der Waals surface area contributed by atoms with Crippen LogP contribution in [0.4, 0.5) is 4.79 Å². The Bertz CT molecular complexity index is 380. The van der Waals surface area contributed by atoms with Gasteiger partial charge in [-0.25, -0.2) is 4.79 Å². The molecule has 1 rings (SSSR count). The van der Waals surface area contributed by atoms with Crippen molar-refractivity contribution >= 4 is 23.7 Å². The SMILES string of the molecule is CNC(=O)NC(=O)CSc1nnc(CN)o1. The van der Waals surface area contributed by atoms with E-state index in [1.807, 2.05) is 0 Å². The normalized spacial score (nSPS) is 9.88. The lowest BCUT2D eigenvalue weighted by molar-refractivity contribution is -0.117. The third-order valence-corrected chi connectivity index (χ3v) is 2.25. The Balaban J connectivity index is 2.34. The predicted molar refractivity (Wildman–Crippen MR) is 55.5 cm³/mol. The molecule has 88 valence electrons. The first-order valence-electron chi connectivity index (χ1n) is 4.32. The molecule has 0 fully saturated rings. The molecule has 16 heavy (non-hydrogen) atoms. The summed E-state index contributed by atoms with van der Waals surface area (Å²) in [4.78, 5) is 21.9. The molecule has 8 nitrogen and oxygen atoms in total. The lowest BCUT2D eigenvalue weighted by Gasteiger charge is -2.00. The Kier molecular flexibility index (Phi) is 4.73. The summed E-state index contributed by atoms with van der Waals surface area (Å²) < 4.78 is 5.05. The third kappa shape index (κ3) is 3.87. The van der Waals surface area contributed by atoms with Gasteiger partial charge in [-0.05, 0) is 0 Å². The highest BCUT2D eigenvalue weighted by atomic mass is 32.2. The lowest BCUT2D eigenvalue weighted by Crippen LogP contribution is -2.38. The molecule has 0 saturated heterocycles. The zero-order chi connectivity index (χ0) is 12.0. The van der Waals surface area contributed by atoms with Crippen LogP contribution >= 0.6 is 11.8 Å². The van der Waals surface area contributed by atoms with E-state index in [0.29, 0.717) is 5.89 Å². The highest BCUT2D eigenvalue weighted by Gasteiger charge is 2.10. The Morgan fingerprint density at radius 1 is 1.50 bits per heavy atom. The van der Waals surface area contributed by atoms with Gasteiger partial charge in [0.2, 0.25) is 11.8 Å². The molecule has 0 spiro atoms. The van der Waals surface area contributed by atoms with E-state index in [-0.39, 0.29) is 17.5 Å². The number of aromatic nitrogens is 2. The third-order valence-electron chi connectivity index (χ3n) is 1.43. The van der Waals surface area contributed by atoms with Crippen LogP contribution in [0.25, 0.3) is 0 Å². The van der Waals surface area contributed by atoms with Crippen molar-refractivity contribution in [3.8, 4) is 0 Å². The maximum Gasteiger partial charge on any atom is 0.321 e. The van der Waals surface area contributed by atoms with Gasteiger partial charge in [-0.15, -0.1) is 10.2 Å². The fraction of sp³-hybridized carbons (Fsp3) is 0.429. The first-order valence-corrected chi connectivity index (χ1v) is 5.31. The number of hydrogen-bond donors (Lipinski definition) is 3. The van der Waals surface area contributed by atoms with Crippen LogP contribution < -0.4 is 16.4 Å². The van der Waals surface area contributed by atoms with Crippen molar-refractivity contribution in [3.05, 3.63) is 5.89 Å². The molecular formula is C7H11N5O3S. The van der Waals surface area contributed by atoms with Crippen molar-refractivity contribution in [1.29, 1.82) is 0 Å². The van der Waals surface area contributed by atoms with E-state index in [0.717, 1.165) is 11.8 Å². The smallest absolute Gasteiger partial charge is 0.321 e. The summed E-state index contributed by atoms with van der Waals surface area (Å²) in [5.74, 6) is -0.134. The molecular weight excluding hydrogens is 234 g/mol. The van der Waals surface area contributed by atoms with Crippen molar-refractivity contribution in [2.24, 2.45) is 5.73 Å². The summed E-state index contributed by atoms with van der Waals surface area (Å²) in [7, 11) is 1.42. The molecule has 0 aromatic carbocycles. The minimum absolute atomic E-state index is 0.0135. The average Bonchev–Trinajstić information content (AvgIpc) is 2.74. The number of nitrogens with two attached hydrogens (primary N) is 1. The topological polar surface area (TPSA) is 123 Å². The second-order valence-corrected chi connectivity index (χ2v) is 3.51. The summed E-state index contributed by atoms with van der Waals surface area (Å²) in [6, 6.07) is -0.557. The van der Waals surface area contributed by atoms with Crippen LogP contribution in [0.1, 0.15) is 5.89 Å². The molecule has 0 unspecified atom stereocenters. The van der Waals surface area contributed by atoms with Gasteiger partial charge in [-0.2, -0.15) is 0 Å². The Morgan fingerprint density at radius 2 is 2.25 bits per heavy atom. The molecule has 0 aliphatic carbocycles. The van der Waals surface area contributed by atoms with Crippen LogP contribution in [-0.4, -0.2) is 34.9 Å². The molecule has 0 radical (unpaired) electrons. The van der Waals surface area contributed by atoms with Crippen molar-refractivity contribution in [2.75, 3.05) is 12.8 Å². The van der Waals surface area contributed by atoms with Crippen LogP contribution in [0.5, 0.6) is 0 Å². The maximum atomic E-state index is 11.2. The first kappa shape index (κ1) is 12.5. The van der Waals surface area contributed by atoms with Crippen molar-refractivity contribution in [2.45, 2.75) is 11.8 Å². The van der Waals surface area contributed by atoms with Gasteiger partial charge in [0.25, 0.3) is 5.22 Å². The van der Waals surface area contributed by atoms with Crippen LogP contribution in [0, 0.1) is 0 Å². The summed E-state index contributed by atoms with van der Waals surface area (Å²) in [6.07, 6.45) is 0. The van der Waals surface area contributed by atoms with Crippen LogP contribution in [0.2, 0.25) is 0 Å². The van der Waals surface area contributed by atoms with Gasteiger partial charge in [0.1, 0.15) is 0 Å². The van der Waals surface area contributed by atoms with Crippen LogP contribution in [0.15, 0.2) is 9.64 Å². The van der Waals surface area contributed by atoms with Gasteiger partial charge < -0.3 is 15.5 Å². The molecule has 3 amide bonds. The number of imide groups is 1. The maximum absolute atomic E-state index is 11.2. The largest absolute Gasteiger partial charge is 0.415 e. The molecule has 4 N–H and O–H groups in total. The lowest BCUT2D eigenvalue weighted by atomic mass is 10.7. The van der Waals surface area contributed by atoms with Gasteiger partial charge >= 0.3 is 6.03 Å². The quantitative estimate of drug-likeness (QED) is 0.586. The molecule has 0 aliphatic rings. The van der Waals surface area contributed by atoms with E-state index in [1.54, 1.807) is 0 Å². The van der Waals surface area contributed by atoms with Gasteiger partial charge in [0.15, 0.2) is 0 Å². The number of thioether (sulfide) groups is 1. The summed E-state index contributed by atoms with van der Waals surface area (Å²) in [5.41, 5.74) is 5.27. The number of rotatable bonds is 4. The fourth-order valence-corrected chi connectivity index (χ4v) is 1.31. The number of amides is 3. The monoisotopic (exact) mass is 245 g/mol. The van der Waals surface area contributed by atoms with Gasteiger partial charge in [0.05, 0.1) is 12.3 Å². The fourth-order valence-electron chi connectivity index (χ4n) is 0.732. The van der Waals surface area contributed by atoms with E-state index in [9.17, 15) is 9.59 Å². The van der Waals surface area contributed by atoms with E-state index < -0.39 is 11.9 Å². The van der Waals surface area contributed by atoms with Gasteiger partial charge in [-0.3, -0.25) is 10.1 Å². The Labute approximate surface area is 95.3 Å². The molecule has 0 atom stereocenters. The molecule has 1 aromatic rings. The zero-order valence-corrected chi connectivity index (χ0v) is 9.34. The number of nitrogens with zero attached hydrogens (tertiary/aromatic N) is 2. The van der Waals surface area contributed by atoms with Gasteiger partial charge in [-0.1, -0.05) is 11.8 Å². The van der Waals surface area contributed by atoms with E-state index in [4.69, 9.17) is 10.2 Å². The Hall–Kier alpha value is -1.61. The van der Waals surface area contributed by atoms with Crippen molar-refractivity contribution < 1.29 is 14.0 Å². The Morgan fingerprint density at radius 3 is 2.81 bits per heavy atom. The predicted octanol–water partition coefficient (Wildman–Crippen LogP) is -0.924. The number of urea groups is 1. The van der Waals surface area contributed by atoms with Crippen molar-refractivity contribution in [3.63, 3.8) is 0 Å². The summed E-state index contributed by atoms with van der Waals surface area (Å²) >= 11 is 1.03. The summed E-state index contributed by atoms with van der Waals surface area (Å²) in [6.45, 7) is 0.151.